The molecule has 0 aromatic heterocycles. The lowest BCUT2D eigenvalue weighted by molar-refractivity contribution is -0.870. The molecule has 1 amide bonds. The molecule has 2 N–H and O–H groups in total. The molecule has 52 heavy (non-hydrogen) atoms. The largest absolute Gasteiger partial charge is 0.756 e. The SMILES string of the molecule is CCCCCCC/C=C\C/C=C\CCCCCCCCCCCCCCCCCC(=O)NC(COP(=O)([O-])OCC[N+](C)(C)C)C(O)CCCCC. The fraction of sp³-hybridized carbons (Fsp3) is 0.884. The van der Waals surface area contributed by atoms with E-state index < -0.39 is 20.0 Å². The molecule has 3 atom stereocenters. The second-order valence-electron chi connectivity index (χ2n) is 16.1. The van der Waals surface area contributed by atoms with E-state index in [0.717, 1.165) is 44.9 Å². The predicted molar refractivity (Wildman–Crippen MR) is 219 cm³/mol. The van der Waals surface area contributed by atoms with Gasteiger partial charge in [0, 0.05) is 6.42 Å². The third kappa shape index (κ3) is 37.3. The molecule has 3 unspecified atom stereocenters. The molecule has 8 nitrogen and oxygen atoms in total. The van der Waals surface area contributed by atoms with Crippen LogP contribution in [-0.2, 0) is 18.4 Å². The fourth-order valence-corrected chi connectivity index (χ4v) is 6.91. The standard InChI is InChI=1S/C43H85N2O6P/c1-6-8-10-11-12-13-14-15-16-17-18-19-20-21-22-23-24-25-26-27-28-29-30-31-32-33-35-37-43(47)44-41(42(46)36-34-9-7-2)40-51-52(48,49)50-39-38-45(3,4)5/h14-15,17-18,41-42,46H,6-13,16,19-40H2,1-5H3,(H-,44,47,48,49)/b15-14-,18-17-. The number of phosphoric acid groups is 1. The van der Waals surface area contributed by atoms with E-state index in [9.17, 15) is 19.4 Å². The zero-order valence-corrected chi connectivity index (χ0v) is 35.7. The maximum absolute atomic E-state index is 12.7. The van der Waals surface area contributed by atoms with Crippen molar-refractivity contribution in [3.8, 4) is 0 Å². The quantitative estimate of drug-likeness (QED) is 0.0280. The van der Waals surface area contributed by atoms with Gasteiger partial charge in [0.15, 0.2) is 0 Å². The Morgan fingerprint density at radius 3 is 1.60 bits per heavy atom. The van der Waals surface area contributed by atoms with Crippen LogP contribution in [0.5, 0.6) is 0 Å². The van der Waals surface area contributed by atoms with Crippen LogP contribution < -0.4 is 10.2 Å². The molecule has 0 saturated heterocycles. The number of unbranched alkanes of at least 4 members (excludes halogenated alkanes) is 22. The maximum atomic E-state index is 12.7. The number of allylic oxidation sites excluding steroid dienone is 4. The van der Waals surface area contributed by atoms with Crippen molar-refractivity contribution in [1.29, 1.82) is 0 Å². The van der Waals surface area contributed by atoms with E-state index in [1.165, 1.54) is 122 Å². The number of amides is 1. The Morgan fingerprint density at radius 1 is 0.673 bits per heavy atom. The summed E-state index contributed by atoms with van der Waals surface area (Å²) in [4.78, 5) is 24.9. The summed E-state index contributed by atoms with van der Waals surface area (Å²) in [7, 11) is 1.30. The predicted octanol–water partition coefficient (Wildman–Crippen LogP) is 11.1. The number of aliphatic hydroxyl groups excluding tert-OH is 1. The summed E-state index contributed by atoms with van der Waals surface area (Å²) in [5.74, 6) is -0.176. The van der Waals surface area contributed by atoms with E-state index in [4.69, 9.17) is 9.05 Å². The average molecular weight is 757 g/mol. The minimum Gasteiger partial charge on any atom is -0.756 e. The van der Waals surface area contributed by atoms with Crippen LogP contribution in [0.1, 0.15) is 194 Å². The highest BCUT2D eigenvalue weighted by Gasteiger charge is 2.24. The Kier molecular flexibility index (Phi) is 35.0. The number of rotatable bonds is 39. The summed E-state index contributed by atoms with van der Waals surface area (Å²) < 4.78 is 22.9. The number of nitrogens with one attached hydrogen (secondary N) is 1. The molecular formula is C43H85N2O6P. The third-order valence-corrected chi connectivity index (χ3v) is 10.7. The molecule has 0 aliphatic rings. The van der Waals surface area contributed by atoms with Crippen molar-refractivity contribution in [3.05, 3.63) is 24.3 Å². The van der Waals surface area contributed by atoms with Gasteiger partial charge in [-0.05, 0) is 44.9 Å². The number of phosphoric ester groups is 1. The van der Waals surface area contributed by atoms with Gasteiger partial charge in [0.2, 0.25) is 5.91 Å². The first-order valence-corrected chi connectivity index (χ1v) is 23.1. The van der Waals surface area contributed by atoms with Gasteiger partial charge < -0.3 is 28.8 Å². The van der Waals surface area contributed by atoms with E-state index in [0.29, 0.717) is 23.9 Å². The highest BCUT2D eigenvalue weighted by Crippen LogP contribution is 2.38. The van der Waals surface area contributed by atoms with Crippen LogP contribution in [0.15, 0.2) is 24.3 Å². The van der Waals surface area contributed by atoms with Gasteiger partial charge in [-0.15, -0.1) is 0 Å². The third-order valence-electron chi connectivity index (χ3n) is 9.69. The highest BCUT2D eigenvalue weighted by atomic mass is 31.2. The summed E-state index contributed by atoms with van der Waals surface area (Å²) in [5, 5.41) is 13.5. The van der Waals surface area contributed by atoms with E-state index in [1.54, 1.807) is 0 Å². The molecule has 0 aliphatic carbocycles. The van der Waals surface area contributed by atoms with Crippen LogP contribution in [0, 0.1) is 0 Å². The zero-order chi connectivity index (χ0) is 38.6. The average Bonchev–Trinajstić information content (AvgIpc) is 3.09. The monoisotopic (exact) mass is 757 g/mol. The van der Waals surface area contributed by atoms with Crippen molar-refractivity contribution in [2.45, 2.75) is 206 Å². The molecule has 0 radical (unpaired) electrons. The Balaban J connectivity index is 3.83. The summed E-state index contributed by atoms with van der Waals surface area (Å²) in [5.41, 5.74) is 0. The minimum atomic E-state index is -4.54. The first-order chi connectivity index (χ1) is 25.0. The lowest BCUT2D eigenvalue weighted by Crippen LogP contribution is -2.46. The van der Waals surface area contributed by atoms with Gasteiger partial charge in [0.05, 0.1) is 39.9 Å². The van der Waals surface area contributed by atoms with Gasteiger partial charge in [-0.1, -0.05) is 167 Å². The first kappa shape index (κ1) is 51.0. The van der Waals surface area contributed by atoms with Gasteiger partial charge in [0.25, 0.3) is 7.82 Å². The number of nitrogens with zero attached hydrogens (tertiary/aromatic N) is 1. The minimum absolute atomic E-state index is 0.0113. The molecule has 0 heterocycles. The van der Waals surface area contributed by atoms with Gasteiger partial charge in [-0.25, -0.2) is 0 Å². The summed E-state index contributed by atoms with van der Waals surface area (Å²) in [6.07, 6.45) is 41.4. The smallest absolute Gasteiger partial charge is 0.268 e. The second-order valence-corrected chi connectivity index (χ2v) is 17.5. The fourth-order valence-electron chi connectivity index (χ4n) is 6.19. The molecule has 0 rings (SSSR count). The second kappa shape index (κ2) is 35.7. The molecule has 0 fully saturated rings. The van der Waals surface area contributed by atoms with Crippen LogP contribution in [0.2, 0.25) is 0 Å². The van der Waals surface area contributed by atoms with Crippen molar-refractivity contribution >= 4 is 13.7 Å². The number of hydrogen-bond acceptors (Lipinski definition) is 6. The van der Waals surface area contributed by atoms with Gasteiger partial charge >= 0.3 is 0 Å². The number of carbonyl (C=O) groups is 1. The molecule has 0 spiro atoms. The van der Waals surface area contributed by atoms with E-state index in [-0.39, 0.29) is 19.1 Å². The molecule has 9 heteroatoms. The van der Waals surface area contributed by atoms with E-state index in [1.807, 2.05) is 21.1 Å². The van der Waals surface area contributed by atoms with Gasteiger partial charge in [-0.2, -0.15) is 0 Å². The van der Waals surface area contributed by atoms with E-state index in [2.05, 4.69) is 43.5 Å². The van der Waals surface area contributed by atoms with Crippen LogP contribution in [-0.4, -0.2) is 68.5 Å². The Morgan fingerprint density at radius 2 is 1.12 bits per heavy atom. The number of likely N-dealkylation sites (N-methyl/N-ethyl adjacent to an activating group) is 1. The number of quaternary nitrogens is 1. The number of hydrogen-bond donors (Lipinski definition) is 2. The molecule has 0 bridgehead atoms. The Hall–Kier alpha value is -1.02. The zero-order valence-electron chi connectivity index (χ0n) is 34.8. The topological polar surface area (TPSA) is 108 Å². The normalized spacial score (nSPS) is 14.7. The summed E-state index contributed by atoms with van der Waals surface area (Å²) >= 11 is 0. The highest BCUT2D eigenvalue weighted by molar-refractivity contribution is 7.45. The van der Waals surface area contributed by atoms with Crippen molar-refractivity contribution in [3.63, 3.8) is 0 Å². The Labute approximate surface area is 322 Å². The van der Waals surface area contributed by atoms with Crippen molar-refractivity contribution in [2.75, 3.05) is 40.9 Å². The Bertz CT molecular complexity index is 907. The van der Waals surface area contributed by atoms with Crippen LogP contribution in [0.25, 0.3) is 0 Å². The molecule has 0 aliphatic heterocycles. The molecule has 0 saturated carbocycles. The summed E-state index contributed by atoms with van der Waals surface area (Å²) in [6.45, 7) is 4.54. The summed E-state index contributed by atoms with van der Waals surface area (Å²) in [6, 6.07) is -0.793. The van der Waals surface area contributed by atoms with Crippen molar-refractivity contribution < 1.29 is 32.9 Å². The van der Waals surface area contributed by atoms with Gasteiger partial charge in [0.1, 0.15) is 13.2 Å². The van der Waals surface area contributed by atoms with Crippen molar-refractivity contribution in [2.24, 2.45) is 0 Å². The van der Waals surface area contributed by atoms with Crippen molar-refractivity contribution in [1.82, 2.24) is 5.32 Å². The lowest BCUT2D eigenvalue weighted by atomic mass is 10.0. The molecule has 0 aromatic rings. The van der Waals surface area contributed by atoms with E-state index >= 15 is 0 Å². The first-order valence-electron chi connectivity index (χ1n) is 21.7. The van der Waals surface area contributed by atoms with Crippen LogP contribution in [0.3, 0.4) is 0 Å². The molecule has 0 aromatic carbocycles. The van der Waals surface area contributed by atoms with Crippen LogP contribution in [0.4, 0.5) is 0 Å². The number of aliphatic hydroxyl groups is 1. The lowest BCUT2D eigenvalue weighted by Gasteiger charge is -2.30. The van der Waals surface area contributed by atoms with Crippen LogP contribution >= 0.6 is 7.82 Å². The number of carbonyl (C=O) groups excluding carboxylic acids is 1. The van der Waals surface area contributed by atoms with Gasteiger partial charge in [-0.3, -0.25) is 9.36 Å². The molecular weight excluding hydrogens is 671 g/mol. The molecule has 308 valence electrons. The maximum Gasteiger partial charge on any atom is 0.268 e.